The number of anilines is 6. The van der Waals surface area contributed by atoms with Crippen molar-refractivity contribution >= 4 is 46.5 Å². The zero-order chi connectivity index (χ0) is 29.8. The third-order valence-corrected chi connectivity index (χ3v) is 8.06. The zero-order valence-electron chi connectivity index (χ0n) is 24.2. The van der Waals surface area contributed by atoms with Crippen molar-refractivity contribution in [2.24, 2.45) is 0 Å². The summed E-state index contributed by atoms with van der Waals surface area (Å²) in [6.45, 7) is 6.24. The highest BCUT2D eigenvalue weighted by molar-refractivity contribution is 6.09. The normalized spacial score (nSPS) is 15.9. The molecule has 6 rings (SSSR count). The van der Waals surface area contributed by atoms with Gasteiger partial charge >= 0.3 is 6.03 Å². The van der Waals surface area contributed by atoms with E-state index in [9.17, 15) is 9.59 Å². The fourth-order valence-electron chi connectivity index (χ4n) is 5.67. The zero-order valence-corrected chi connectivity index (χ0v) is 24.2. The molecule has 1 fully saturated rings. The Labute approximate surface area is 251 Å². The molecule has 218 valence electrons. The molecule has 1 saturated heterocycles. The van der Waals surface area contributed by atoms with Crippen LogP contribution in [-0.2, 0) is 11.2 Å². The number of para-hydroxylation sites is 1. The van der Waals surface area contributed by atoms with Gasteiger partial charge in [0.15, 0.2) is 0 Å². The molecular weight excluding hydrogens is 538 g/mol. The number of hydrogen-bond donors (Lipinski definition) is 2. The summed E-state index contributed by atoms with van der Waals surface area (Å²) in [4.78, 5) is 41.5. The molecule has 3 aromatic carbocycles. The second kappa shape index (κ2) is 12.5. The summed E-state index contributed by atoms with van der Waals surface area (Å²) in [5, 5.41) is 6.12. The van der Waals surface area contributed by atoms with Gasteiger partial charge in [-0.3, -0.25) is 9.69 Å². The highest BCUT2D eigenvalue weighted by atomic mass is 16.2. The SMILES string of the molecule is C=CC(=O)Nc1cccc(N2C(=O)N(c3ccccc3)CCc3cnc(Nc4ccc(C5CCN(C)CC5)cc4)nc32)c1. The fourth-order valence-corrected chi connectivity index (χ4v) is 5.67. The second-order valence-electron chi connectivity index (χ2n) is 11.0. The van der Waals surface area contributed by atoms with Gasteiger partial charge in [-0.2, -0.15) is 4.98 Å². The van der Waals surface area contributed by atoms with Gasteiger partial charge in [-0.1, -0.05) is 43.0 Å². The number of fused-ring (bicyclic) bond motifs is 1. The van der Waals surface area contributed by atoms with Crippen LogP contribution in [0.5, 0.6) is 0 Å². The predicted octanol–water partition coefficient (Wildman–Crippen LogP) is 6.47. The summed E-state index contributed by atoms with van der Waals surface area (Å²) < 4.78 is 0. The van der Waals surface area contributed by atoms with E-state index in [1.54, 1.807) is 34.2 Å². The van der Waals surface area contributed by atoms with Crippen LogP contribution in [0.2, 0.25) is 0 Å². The third kappa shape index (κ3) is 6.27. The van der Waals surface area contributed by atoms with E-state index in [0.717, 1.165) is 30.0 Å². The molecule has 2 N–H and O–H groups in total. The van der Waals surface area contributed by atoms with E-state index < -0.39 is 0 Å². The number of hydrogen-bond acceptors (Lipinski definition) is 6. The second-order valence-corrected chi connectivity index (χ2v) is 11.0. The van der Waals surface area contributed by atoms with Crippen LogP contribution in [0.15, 0.2) is 97.7 Å². The quantitative estimate of drug-likeness (QED) is 0.246. The number of piperidine rings is 1. The van der Waals surface area contributed by atoms with Gasteiger partial charge in [0.2, 0.25) is 11.9 Å². The number of urea groups is 1. The molecule has 0 bridgehead atoms. The van der Waals surface area contributed by atoms with E-state index in [1.807, 2.05) is 36.4 Å². The first kappa shape index (κ1) is 28.1. The minimum absolute atomic E-state index is 0.246. The maximum Gasteiger partial charge on any atom is 0.334 e. The molecule has 0 atom stereocenters. The summed E-state index contributed by atoms with van der Waals surface area (Å²) in [6.07, 6.45) is 5.90. The Hall–Kier alpha value is -5.02. The van der Waals surface area contributed by atoms with Crippen molar-refractivity contribution in [1.82, 2.24) is 14.9 Å². The molecule has 3 heterocycles. The van der Waals surface area contributed by atoms with Crippen molar-refractivity contribution in [3.8, 4) is 0 Å². The van der Waals surface area contributed by atoms with Crippen LogP contribution >= 0.6 is 0 Å². The number of nitrogens with one attached hydrogen (secondary N) is 2. The van der Waals surface area contributed by atoms with Gasteiger partial charge in [0, 0.05) is 35.4 Å². The lowest BCUT2D eigenvalue weighted by Gasteiger charge is -2.29. The lowest BCUT2D eigenvalue weighted by Crippen LogP contribution is -2.40. The Kier molecular flexibility index (Phi) is 8.15. The average Bonchev–Trinajstić information content (AvgIpc) is 3.18. The Morgan fingerprint density at radius 3 is 2.42 bits per heavy atom. The van der Waals surface area contributed by atoms with Gasteiger partial charge in [0.1, 0.15) is 5.82 Å². The highest BCUT2D eigenvalue weighted by Crippen LogP contribution is 2.35. The molecule has 2 aliphatic rings. The van der Waals surface area contributed by atoms with Gasteiger partial charge in [0.05, 0.1) is 5.69 Å². The summed E-state index contributed by atoms with van der Waals surface area (Å²) in [7, 11) is 2.18. The monoisotopic (exact) mass is 573 g/mol. The van der Waals surface area contributed by atoms with Crippen LogP contribution in [0.3, 0.4) is 0 Å². The van der Waals surface area contributed by atoms with Gasteiger partial charge in [0.25, 0.3) is 0 Å². The Bertz CT molecular complexity index is 1620. The number of benzene rings is 3. The van der Waals surface area contributed by atoms with Gasteiger partial charge in [-0.15, -0.1) is 0 Å². The molecule has 0 aliphatic carbocycles. The maximum atomic E-state index is 14.2. The summed E-state index contributed by atoms with van der Waals surface area (Å²) in [5.41, 5.74) is 4.98. The summed E-state index contributed by atoms with van der Waals surface area (Å²) in [5.74, 6) is 1.14. The van der Waals surface area contributed by atoms with Gasteiger partial charge in [-0.05, 0) is 99.4 Å². The number of amides is 3. The summed E-state index contributed by atoms with van der Waals surface area (Å²) in [6, 6.07) is 25.0. The van der Waals surface area contributed by atoms with Gasteiger partial charge < -0.3 is 15.5 Å². The molecule has 1 aromatic heterocycles. The number of carbonyl (C=O) groups is 2. The van der Waals surface area contributed by atoms with Crippen LogP contribution in [0.1, 0.15) is 29.9 Å². The first-order valence-electron chi connectivity index (χ1n) is 14.6. The van der Waals surface area contributed by atoms with Crippen LogP contribution < -0.4 is 20.4 Å². The molecule has 0 spiro atoms. The maximum absolute atomic E-state index is 14.2. The van der Waals surface area contributed by atoms with Crippen LogP contribution in [0, 0.1) is 0 Å². The molecule has 4 aromatic rings. The van der Waals surface area contributed by atoms with E-state index >= 15 is 0 Å². The van der Waals surface area contributed by atoms with Crippen LogP contribution in [-0.4, -0.2) is 53.5 Å². The Balaban J connectivity index is 1.32. The molecule has 0 unspecified atom stereocenters. The first-order chi connectivity index (χ1) is 21.0. The third-order valence-electron chi connectivity index (χ3n) is 8.06. The van der Waals surface area contributed by atoms with E-state index in [-0.39, 0.29) is 11.9 Å². The lowest BCUT2D eigenvalue weighted by molar-refractivity contribution is -0.111. The van der Waals surface area contributed by atoms with E-state index in [2.05, 4.69) is 58.4 Å². The number of aromatic nitrogens is 2. The molecular formula is C34H35N7O2. The van der Waals surface area contributed by atoms with Crippen molar-refractivity contribution in [2.75, 3.05) is 47.1 Å². The molecule has 0 saturated carbocycles. The Morgan fingerprint density at radius 1 is 0.930 bits per heavy atom. The average molecular weight is 574 g/mol. The van der Waals surface area contributed by atoms with E-state index in [0.29, 0.717) is 42.0 Å². The van der Waals surface area contributed by atoms with Gasteiger partial charge in [-0.25, -0.2) is 14.7 Å². The van der Waals surface area contributed by atoms with Crippen molar-refractivity contribution < 1.29 is 9.59 Å². The molecule has 3 amide bonds. The standard InChI is InChI=1S/C34H35N7O2/c1-3-31(42)36-28-8-7-11-30(22-28)41-32-26(18-21-40(34(41)43)29-9-5-4-6-10-29)23-35-33(38-32)37-27-14-12-24(13-15-27)25-16-19-39(2)20-17-25/h3-15,22-23,25H,1,16-21H2,2H3,(H,36,42)(H,35,37,38). The number of carbonyl (C=O) groups excluding carboxylic acids is 2. The van der Waals surface area contributed by atoms with E-state index in [1.165, 1.54) is 24.5 Å². The fraction of sp³-hybridized carbons (Fsp3) is 0.235. The smallest absolute Gasteiger partial charge is 0.324 e. The topological polar surface area (TPSA) is 93.7 Å². The molecule has 0 radical (unpaired) electrons. The molecule has 43 heavy (non-hydrogen) atoms. The van der Waals surface area contributed by atoms with Crippen molar-refractivity contribution in [2.45, 2.75) is 25.2 Å². The lowest BCUT2D eigenvalue weighted by atomic mass is 9.89. The highest BCUT2D eigenvalue weighted by Gasteiger charge is 2.32. The Morgan fingerprint density at radius 2 is 1.67 bits per heavy atom. The summed E-state index contributed by atoms with van der Waals surface area (Å²) >= 11 is 0. The number of rotatable bonds is 7. The molecule has 9 heteroatoms. The minimum atomic E-state index is -0.332. The van der Waals surface area contributed by atoms with Crippen molar-refractivity contribution in [3.05, 3.63) is 109 Å². The van der Waals surface area contributed by atoms with Crippen molar-refractivity contribution in [3.63, 3.8) is 0 Å². The number of nitrogens with zero attached hydrogens (tertiary/aromatic N) is 5. The predicted molar refractivity (Wildman–Crippen MR) is 172 cm³/mol. The minimum Gasteiger partial charge on any atom is -0.324 e. The first-order valence-corrected chi connectivity index (χ1v) is 14.6. The van der Waals surface area contributed by atoms with Crippen molar-refractivity contribution in [1.29, 1.82) is 0 Å². The largest absolute Gasteiger partial charge is 0.334 e. The van der Waals surface area contributed by atoms with E-state index in [4.69, 9.17) is 4.98 Å². The van der Waals surface area contributed by atoms with Crippen LogP contribution in [0.4, 0.5) is 39.3 Å². The van der Waals surface area contributed by atoms with Crippen LogP contribution in [0.25, 0.3) is 0 Å². The molecule has 9 nitrogen and oxygen atoms in total. The molecule has 2 aliphatic heterocycles. The number of likely N-dealkylation sites (tertiary alicyclic amines) is 1.